The van der Waals surface area contributed by atoms with E-state index in [2.05, 4.69) is 15.3 Å². The molecule has 3 fully saturated rings. The fraction of sp³-hybridized carbons (Fsp3) is 0.571. The Bertz CT molecular complexity index is 1310. The molecule has 38 heavy (non-hydrogen) atoms. The van der Waals surface area contributed by atoms with E-state index >= 15 is 0 Å². The molecule has 0 unspecified atom stereocenters. The highest BCUT2D eigenvalue weighted by molar-refractivity contribution is 7.92. The number of ketones is 1. The lowest BCUT2D eigenvalue weighted by atomic mass is 9.86. The van der Waals surface area contributed by atoms with Gasteiger partial charge in [-0.3, -0.25) is 9.59 Å². The van der Waals surface area contributed by atoms with Gasteiger partial charge in [0.05, 0.1) is 34.1 Å². The van der Waals surface area contributed by atoms with Gasteiger partial charge in [-0.25, -0.2) is 18.4 Å². The third-order valence-electron chi connectivity index (χ3n) is 7.41. The number of carbonyl (C=O) groups is 2. The van der Waals surface area contributed by atoms with Gasteiger partial charge in [0.25, 0.3) is 0 Å². The maximum atomic E-state index is 13.6. The van der Waals surface area contributed by atoms with E-state index in [-0.39, 0.29) is 47.1 Å². The summed E-state index contributed by atoms with van der Waals surface area (Å²) in [6, 6.07) is 5.36. The lowest BCUT2D eigenvalue weighted by Crippen LogP contribution is -2.28. The largest absolute Gasteiger partial charge is 0.474 e. The van der Waals surface area contributed by atoms with Gasteiger partial charge >= 0.3 is 0 Å². The summed E-state index contributed by atoms with van der Waals surface area (Å²) in [5.41, 5.74) is 0.565. The van der Waals surface area contributed by atoms with Gasteiger partial charge in [-0.1, -0.05) is 12.1 Å². The summed E-state index contributed by atoms with van der Waals surface area (Å²) in [7, 11) is -3.35. The van der Waals surface area contributed by atoms with E-state index in [1.165, 1.54) is 12.4 Å². The third kappa shape index (κ3) is 6.40. The minimum Gasteiger partial charge on any atom is -0.474 e. The molecule has 2 aromatic rings. The Kier molecular flexibility index (Phi) is 7.30. The zero-order valence-electron chi connectivity index (χ0n) is 21.9. The van der Waals surface area contributed by atoms with Crippen LogP contribution in [-0.2, 0) is 19.4 Å². The lowest BCUT2D eigenvalue weighted by molar-refractivity contribution is -0.119. The Morgan fingerprint density at radius 2 is 1.92 bits per heavy atom. The van der Waals surface area contributed by atoms with Crippen molar-refractivity contribution in [2.75, 3.05) is 11.9 Å². The van der Waals surface area contributed by atoms with E-state index in [4.69, 9.17) is 4.74 Å². The molecule has 3 saturated carbocycles. The van der Waals surface area contributed by atoms with E-state index in [0.29, 0.717) is 37.0 Å². The molecule has 0 bridgehead atoms. The summed E-state index contributed by atoms with van der Waals surface area (Å²) in [6.45, 7) is 3.29. The quantitative estimate of drug-likeness (QED) is 0.437. The molecule has 1 amide bonds. The van der Waals surface area contributed by atoms with Crippen molar-refractivity contribution in [2.24, 2.45) is 5.92 Å². The molecule has 2 atom stereocenters. The molecule has 0 aliphatic heterocycles. The van der Waals surface area contributed by atoms with Gasteiger partial charge in [0.2, 0.25) is 11.8 Å². The second-order valence-corrected chi connectivity index (χ2v) is 13.8. The Morgan fingerprint density at radius 3 is 2.50 bits per heavy atom. The molecule has 2 N–H and O–H groups in total. The van der Waals surface area contributed by atoms with Gasteiger partial charge in [-0.05, 0) is 81.4 Å². The van der Waals surface area contributed by atoms with Crippen LogP contribution in [0.5, 0.6) is 5.88 Å². The minimum absolute atomic E-state index is 0.0470. The zero-order chi connectivity index (χ0) is 27.1. The van der Waals surface area contributed by atoms with E-state index in [0.717, 1.165) is 30.4 Å². The number of amides is 1. The van der Waals surface area contributed by atoms with Gasteiger partial charge in [-0.15, -0.1) is 0 Å². The highest BCUT2D eigenvalue weighted by Gasteiger charge is 2.41. The molecule has 0 radical (unpaired) electrons. The van der Waals surface area contributed by atoms with Gasteiger partial charge in [0, 0.05) is 12.8 Å². The van der Waals surface area contributed by atoms with Crippen LogP contribution in [0.15, 0.2) is 35.5 Å². The van der Waals surface area contributed by atoms with Crippen molar-refractivity contribution in [1.29, 1.82) is 0 Å². The van der Waals surface area contributed by atoms with Crippen LogP contribution in [0.4, 0.5) is 5.82 Å². The maximum Gasteiger partial charge on any atom is 0.233 e. The van der Waals surface area contributed by atoms with Crippen LogP contribution in [0.2, 0.25) is 0 Å². The van der Waals surface area contributed by atoms with E-state index < -0.39 is 21.4 Å². The second kappa shape index (κ2) is 10.4. The number of benzene rings is 1. The number of nitrogens with zero attached hydrogens (tertiary/aromatic N) is 2. The molecular weight excluding hydrogens is 506 g/mol. The number of rotatable bonds is 11. The first-order valence-corrected chi connectivity index (χ1v) is 14.9. The van der Waals surface area contributed by atoms with Gasteiger partial charge < -0.3 is 15.2 Å². The molecule has 1 aromatic heterocycles. The molecule has 1 aromatic carbocycles. The Labute approximate surface area is 223 Å². The molecule has 3 aliphatic carbocycles. The summed E-state index contributed by atoms with van der Waals surface area (Å²) in [5.74, 6) is 0.170. The van der Waals surface area contributed by atoms with Crippen molar-refractivity contribution in [3.8, 4) is 5.88 Å². The van der Waals surface area contributed by atoms with Gasteiger partial charge in [0.1, 0.15) is 12.4 Å². The van der Waals surface area contributed by atoms with Gasteiger partial charge in [0.15, 0.2) is 15.7 Å². The second-order valence-electron chi connectivity index (χ2n) is 11.6. The minimum atomic E-state index is -3.35. The first-order chi connectivity index (χ1) is 18.0. The van der Waals surface area contributed by atoms with Crippen molar-refractivity contribution >= 4 is 27.3 Å². The normalized spacial score (nSPS) is 20.8. The van der Waals surface area contributed by atoms with Crippen LogP contribution in [-0.4, -0.2) is 52.6 Å². The van der Waals surface area contributed by atoms with Crippen molar-refractivity contribution < 1.29 is 27.9 Å². The number of aliphatic hydroxyl groups is 1. The highest BCUT2D eigenvalue weighted by Crippen LogP contribution is 2.47. The number of hydrogen-bond acceptors (Lipinski definition) is 8. The first kappa shape index (κ1) is 26.7. The number of ether oxygens (including phenoxy) is 1. The Morgan fingerprint density at radius 1 is 1.16 bits per heavy atom. The van der Waals surface area contributed by atoms with Crippen molar-refractivity contribution in [3.63, 3.8) is 0 Å². The predicted molar refractivity (Wildman–Crippen MR) is 141 cm³/mol. The van der Waals surface area contributed by atoms with Crippen LogP contribution in [0.1, 0.15) is 88.2 Å². The van der Waals surface area contributed by atoms with Crippen molar-refractivity contribution in [3.05, 3.63) is 41.7 Å². The Balaban J connectivity index is 1.38. The average molecular weight is 542 g/mol. The molecule has 5 rings (SSSR count). The van der Waals surface area contributed by atoms with Crippen LogP contribution in [0.25, 0.3) is 0 Å². The summed E-state index contributed by atoms with van der Waals surface area (Å²) in [6.07, 6.45) is 8.32. The van der Waals surface area contributed by atoms with Crippen LogP contribution in [0.3, 0.4) is 0 Å². The molecule has 1 heterocycles. The van der Waals surface area contributed by atoms with E-state index in [1.807, 2.05) is 6.07 Å². The fourth-order valence-electron chi connectivity index (χ4n) is 5.05. The van der Waals surface area contributed by atoms with Crippen LogP contribution in [0, 0.1) is 5.92 Å². The van der Waals surface area contributed by atoms with Crippen molar-refractivity contribution in [1.82, 2.24) is 9.97 Å². The number of nitrogens with one attached hydrogen (secondary N) is 1. The predicted octanol–water partition coefficient (Wildman–Crippen LogP) is 3.92. The highest BCUT2D eigenvalue weighted by atomic mass is 32.2. The summed E-state index contributed by atoms with van der Waals surface area (Å²) >= 11 is 0. The number of anilines is 1. The molecule has 3 aliphatic rings. The molecule has 0 spiro atoms. The summed E-state index contributed by atoms with van der Waals surface area (Å²) in [4.78, 5) is 34.3. The number of Topliss-reactive ketones (excluding diaryl/α,β-unsaturated/α-hetero) is 1. The third-order valence-corrected chi connectivity index (χ3v) is 9.74. The molecule has 10 heteroatoms. The van der Waals surface area contributed by atoms with Crippen LogP contribution >= 0.6 is 0 Å². The van der Waals surface area contributed by atoms with E-state index in [1.54, 1.807) is 26.0 Å². The SMILES string of the molecule is CC(C)(O)COc1cnc(NC(=O)[C@H](C[C@H]2CCC(=O)C2)c2ccc(S(=O)(=O)C3CC3)c(C3CC3)c2)cn1. The summed E-state index contributed by atoms with van der Waals surface area (Å²) in [5, 5.41) is 12.4. The lowest BCUT2D eigenvalue weighted by Gasteiger charge is -2.22. The summed E-state index contributed by atoms with van der Waals surface area (Å²) < 4.78 is 31.6. The molecule has 9 nitrogen and oxygen atoms in total. The number of carbonyl (C=O) groups excluding carboxylic acids is 2. The monoisotopic (exact) mass is 541 g/mol. The zero-order valence-corrected chi connectivity index (χ0v) is 22.7. The first-order valence-electron chi connectivity index (χ1n) is 13.4. The number of hydrogen-bond donors (Lipinski definition) is 2. The molecular formula is C28H35N3O6S. The maximum absolute atomic E-state index is 13.6. The smallest absolute Gasteiger partial charge is 0.233 e. The fourth-order valence-corrected chi connectivity index (χ4v) is 6.98. The molecule has 0 saturated heterocycles. The molecule has 204 valence electrons. The standard InChI is InChI=1S/C28H35N3O6S/c1-28(2,34)16-37-26-15-29-25(14-30-26)31-27(33)23(12-17-3-7-20(32)11-17)19-6-10-24(22(13-19)18-4-5-18)38(35,36)21-8-9-21/h6,10,13-15,17-18,21,23,34H,3-5,7-9,11-12,16H2,1-2H3,(H,29,31,33)/t17-,23+/m0/s1. The van der Waals surface area contributed by atoms with Crippen molar-refractivity contribution in [2.45, 2.75) is 92.8 Å². The van der Waals surface area contributed by atoms with Crippen LogP contribution < -0.4 is 10.1 Å². The van der Waals surface area contributed by atoms with E-state index in [9.17, 15) is 23.1 Å². The Hall–Kier alpha value is -2.85. The number of sulfone groups is 1. The topological polar surface area (TPSA) is 136 Å². The number of aromatic nitrogens is 2. The average Bonchev–Trinajstić information content (AvgIpc) is 3.79. The van der Waals surface area contributed by atoms with Gasteiger partial charge in [-0.2, -0.15) is 0 Å².